The molecule has 122 valence electrons. The summed E-state index contributed by atoms with van der Waals surface area (Å²) in [6.07, 6.45) is 6.91. The SMILES string of the molecule is C[C@@]1(O)CCN(Cc2cnccn2)C[C@H]1n1ccc(=O)[nH]c1=O. The quantitative estimate of drug-likeness (QED) is 0.793. The predicted octanol–water partition coefficient (Wildman–Crippen LogP) is -0.475. The van der Waals surface area contributed by atoms with E-state index in [0.717, 1.165) is 5.69 Å². The molecule has 0 saturated carbocycles. The summed E-state index contributed by atoms with van der Waals surface area (Å²) in [5.74, 6) is 0. The Bertz CT molecular complexity index is 783. The molecule has 1 fully saturated rings. The van der Waals surface area contributed by atoms with Crippen LogP contribution in [0.3, 0.4) is 0 Å². The number of rotatable bonds is 3. The van der Waals surface area contributed by atoms with E-state index >= 15 is 0 Å². The minimum atomic E-state index is -1.03. The first-order valence-electron chi connectivity index (χ1n) is 7.47. The number of piperidine rings is 1. The fourth-order valence-corrected chi connectivity index (χ4v) is 2.93. The van der Waals surface area contributed by atoms with Crippen molar-refractivity contribution in [2.24, 2.45) is 0 Å². The van der Waals surface area contributed by atoms with E-state index in [2.05, 4.69) is 19.9 Å². The minimum absolute atomic E-state index is 0.446. The lowest BCUT2D eigenvalue weighted by atomic mass is 9.88. The first kappa shape index (κ1) is 15.6. The van der Waals surface area contributed by atoms with Crippen molar-refractivity contribution >= 4 is 0 Å². The molecule has 1 aliphatic rings. The number of hydrogen-bond donors (Lipinski definition) is 2. The number of nitrogens with zero attached hydrogens (tertiary/aromatic N) is 4. The smallest absolute Gasteiger partial charge is 0.328 e. The third-order valence-corrected chi connectivity index (χ3v) is 4.27. The van der Waals surface area contributed by atoms with E-state index in [0.29, 0.717) is 26.1 Å². The molecule has 3 rings (SSSR count). The van der Waals surface area contributed by atoms with Crippen LogP contribution in [0.15, 0.2) is 40.4 Å². The molecule has 0 aromatic carbocycles. The number of aromatic nitrogens is 4. The summed E-state index contributed by atoms with van der Waals surface area (Å²) in [4.78, 5) is 35.9. The van der Waals surface area contributed by atoms with Gasteiger partial charge in [-0.1, -0.05) is 0 Å². The van der Waals surface area contributed by atoms with Crippen molar-refractivity contribution in [2.75, 3.05) is 13.1 Å². The number of nitrogens with one attached hydrogen (secondary N) is 1. The number of hydrogen-bond acceptors (Lipinski definition) is 6. The molecule has 0 spiro atoms. The molecule has 2 aromatic rings. The maximum atomic E-state index is 12.0. The van der Waals surface area contributed by atoms with Crippen LogP contribution in [-0.4, -0.2) is 48.2 Å². The monoisotopic (exact) mass is 317 g/mol. The summed E-state index contributed by atoms with van der Waals surface area (Å²) in [5, 5.41) is 10.7. The zero-order chi connectivity index (χ0) is 16.4. The van der Waals surface area contributed by atoms with E-state index in [4.69, 9.17) is 0 Å². The Morgan fingerprint density at radius 2 is 2.26 bits per heavy atom. The van der Waals surface area contributed by atoms with Gasteiger partial charge in [-0.05, 0) is 13.3 Å². The summed E-state index contributed by atoms with van der Waals surface area (Å²) < 4.78 is 1.39. The zero-order valence-corrected chi connectivity index (χ0v) is 12.8. The van der Waals surface area contributed by atoms with Gasteiger partial charge in [0.15, 0.2) is 0 Å². The molecule has 2 N–H and O–H groups in total. The lowest BCUT2D eigenvalue weighted by molar-refractivity contribution is -0.0545. The molecule has 8 nitrogen and oxygen atoms in total. The summed E-state index contributed by atoms with van der Waals surface area (Å²) in [6, 6.07) is 0.844. The Labute approximate surface area is 132 Å². The lowest BCUT2D eigenvalue weighted by Gasteiger charge is -2.43. The summed E-state index contributed by atoms with van der Waals surface area (Å²) in [7, 11) is 0. The highest BCUT2D eigenvalue weighted by atomic mass is 16.3. The van der Waals surface area contributed by atoms with E-state index in [1.165, 1.54) is 16.8 Å². The van der Waals surface area contributed by atoms with Crippen molar-refractivity contribution in [3.05, 3.63) is 57.4 Å². The second-order valence-electron chi connectivity index (χ2n) is 6.07. The van der Waals surface area contributed by atoms with Crippen LogP contribution in [0.2, 0.25) is 0 Å². The molecule has 2 aromatic heterocycles. The number of aliphatic hydroxyl groups is 1. The molecule has 1 aliphatic heterocycles. The molecule has 3 heterocycles. The fraction of sp³-hybridized carbons (Fsp3) is 0.467. The Morgan fingerprint density at radius 3 is 2.96 bits per heavy atom. The highest BCUT2D eigenvalue weighted by Gasteiger charge is 2.39. The normalized spacial score (nSPS) is 25.4. The third-order valence-electron chi connectivity index (χ3n) is 4.27. The van der Waals surface area contributed by atoms with Crippen molar-refractivity contribution < 1.29 is 5.11 Å². The molecule has 1 saturated heterocycles. The van der Waals surface area contributed by atoms with Gasteiger partial charge in [0, 0.05) is 50.5 Å². The Kier molecular flexibility index (Phi) is 4.10. The zero-order valence-electron chi connectivity index (χ0n) is 12.8. The van der Waals surface area contributed by atoms with Gasteiger partial charge in [-0.2, -0.15) is 0 Å². The minimum Gasteiger partial charge on any atom is -0.388 e. The van der Waals surface area contributed by atoms with E-state index < -0.39 is 22.9 Å². The van der Waals surface area contributed by atoms with Gasteiger partial charge in [0.2, 0.25) is 0 Å². The van der Waals surface area contributed by atoms with Crippen LogP contribution >= 0.6 is 0 Å². The molecular formula is C15H19N5O3. The molecular weight excluding hydrogens is 298 g/mol. The number of aromatic amines is 1. The Morgan fingerprint density at radius 1 is 1.43 bits per heavy atom. The second-order valence-corrected chi connectivity index (χ2v) is 6.07. The van der Waals surface area contributed by atoms with Crippen molar-refractivity contribution in [3.63, 3.8) is 0 Å². The molecule has 0 amide bonds. The van der Waals surface area contributed by atoms with Gasteiger partial charge >= 0.3 is 5.69 Å². The van der Waals surface area contributed by atoms with Crippen LogP contribution in [0.5, 0.6) is 0 Å². The number of likely N-dealkylation sites (tertiary alicyclic amines) is 1. The van der Waals surface area contributed by atoms with Crippen molar-refractivity contribution in [1.29, 1.82) is 0 Å². The highest BCUT2D eigenvalue weighted by Crippen LogP contribution is 2.31. The summed E-state index contributed by atoms with van der Waals surface area (Å²) in [5.41, 5.74) is -1.15. The Balaban J connectivity index is 1.85. The number of H-pyrrole nitrogens is 1. The average Bonchev–Trinajstić information content (AvgIpc) is 2.51. The van der Waals surface area contributed by atoms with E-state index in [-0.39, 0.29) is 0 Å². The fourth-order valence-electron chi connectivity index (χ4n) is 2.93. The molecule has 0 aliphatic carbocycles. The van der Waals surface area contributed by atoms with Crippen LogP contribution in [0.4, 0.5) is 0 Å². The molecule has 2 atom stereocenters. The summed E-state index contributed by atoms with van der Waals surface area (Å²) >= 11 is 0. The lowest BCUT2D eigenvalue weighted by Crippen LogP contribution is -2.53. The molecule has 8 heteroatoms. The van der Waals surface area contributed by atoms with Crippen LogP contribution in [-0.2, 0) is 6.54 Å². The third kappa shape index (κ3) is 3.38. The van der Waals surface area contributed by atoms with Gasteiger partial charge in [0.05, 0.1) is 17.3 Å². The van der Waals surface area contributed by atoms with E-state index in [1.807, 2.05) is 0 Å². The van der Waals surface area contributed by atoms with Gasteiger partial charge in [-0.25, -0.2) is 4.79 Å². The van der Waals surface area contributed by atoms with Crippen molar-refractivity contribution in [1.82, 2.24) is 24.4 Å². The van der Waals surface area contributed by atoms with Crippen LogP contribution in [0.25, 0.3) is 0 Å². The van der Waals surface area contributed by atoms with Crippen molar-refractivity contribution in [2.45, 2.75) is 31.5 Å². The topological polar surface area (TPSA) is 104 Å². The van der Waals surface area contributed by atoms with E-state index in [9.17, 15) is 14.7 Å². The first-order valence-corrected chi connectivity index (χ1v) is 7.47. The first-order chi connectivity index (χ1) is 11.0. The molecule has 0 bridgehead atoms. The molecule has 0 radical (unpaired) electrons. The second kappa shape index (κ2) is 6.05. The molecule has 0 unspecified atom stereocenters. The average molecular weight is 317 g/mol. The Hall–Kier alpha value is -2.32. The predicted molar refractivity (Wildman–Crippen MR) is 82.9 cm³/mol. The van der Waals surface area contributed by atoms with Gasteiger partial charge in [-0.15, -0.1) is 0 Å². The highest BCUT2D eigenvalue weighted by molar-refractivity contribution is 5.00. The van der Waals surface area contributed by atoms with Crippen LogP contribution in [0.1, 0.15) is 25.1 Å². The van der Waals surface area contributed by atoms with E-state index in [1.54, 1.807) is 25.5 Å². The van der Waals surface area contributed by atoms with Gasteiger partial charge in [-0.3, -0.25) is 29.2 Å². The van der Waals surface area contributed by atoms with Crippen molar-refractivity contribution in [3.8, 4) is 0 Å². The maximum Gasteiger partial charge on any atom is 0.328 e. The summed E-state index contributed by atoms with van der Waals surface area (Å²) in [6.45, 7) is 3.49. The standard InChI is InChI=1S/C15H19N5O3/c1-15(23)3-7-19(9-11-8-16-4-5-17-11)10-12(15)20-6-2-13(21)18-14(20)22/h2,4-6,8,12,23H,3,7,9-10H2,1H3,(H,18,21,22)/t12-,15-/m1/s1. The maximum absolute atomic E-state index is 12.0. The van der Waals surface area contributed by atoms with Crippen LogP contribution < -0.4 is 11.2 Å². The van der Waals surface area contributed by atoms with Gasteiger partial charge < -0.3 is 5.11 Å². The largest absolute Gasteiger partial charge is 0.388 e. The van der Waals surface area contributed by atoms with Gasteiger partial charge in [0.1, 0.15) is 0 Å². The molecule has 23 heavy (non-hydrogen) atoms. The van der Waals surface area contributed by atoms with Crippen LogP contribution in [0, 0.1) is 0 Å². The van der Waals surface area contributed by atoms with Gasteiger partial charge in [0.25, 0.3) is 5.56 Å².